The van der Waals surface area contributed by atoms with Gasteiger partial charge >= 0.3 is 13.2 Å². The van der Waals surface area contributed by atoms with Crippen molar-refractivity contribution in [3.05, 3.63) is 95.6 Å². The molecule has 44 heavy (non-hydrogen) atoms. The number of anilines is 1. The molecule has 3 aromatic carbocycles. The first-order valence-electron chi connectivity index (χ1n) is 15.1. The Kier molecular flexibility index (Phi) is 9.14. The smallest absolute Gasteiger partial charge is 0.447 e. The van der Waals surface area contributed by atoms with Crippen LogP contribution in [0.15, 0.2) is 72.8 Å². The number of nitrogens with zero attached hydrogens (tertiary/aromatic N) is 1. The number of ether oxygens (including phenoxy) is 1. The van der Waals surface area contributed by atoms with Gasteiger partial charge in [-0.15, -0.1) is 0 Å². The summed E-state index contributed by atoms with van der Waals surface area (Å²) in [4.78, 5) is 27.7. The minimum Gasteiger partial charge on any atom is -0.447 e. The average Bonchev–Trinajstić information content (AvgIpc) is 3.51. The van der Waals surface area contributed by atoms with E-state index in [1.54, 1.807) is 24.3 Å². The zero-order chi connectivity index (χ0) is 31.6. The summed E-state index contributed by atoms with van der Waals surface area (Å²) in [5, 5.41) is 3.45. The number of cyclic esters (lactones) is 1. The van der Waals surface area contributed by atoms with Crippen LogP contribution in [0.25, 0.3) is 0 Å². The summed E-state index contributed by atoms with van der Waals surface area (Å²) in [5.74, 6) is -1.70. The summed E-state index contributed by atoms with van der Waals surface area (Å²) < 4.78 is 44.9. The fourth-order valence-corrected chi connectivity index (χ4v) is 5.60. The fraction of sp³-hybridized carbons (Fsp3) is 0.412. The number of imide groups is 1. The second-order valence-corrected chi connectivity index (χ2v) is 12.6. The van der Waals surface area contributed by atoms with Crippen LogP contribution >= 0.6 is 0 Å². The highest BCUT2D eigenvalue weighted by atomic mass is 19.1. The van der Waals surface area contributed by atoms with Crippen LogP contribution in [-0.2, 0) is 18.8 Å². The molecule has 10 heteroatoms. The van der Waals surface area contributed by atoms with E-state index in [-0.39, 0.29) is 36.6 Å². The quantitative estimate of drug-likeness (QED) is 0.263. The van der Waals surface area contributed by atoms with Crippen LogP contribution in [-0.4, -0.2) is 48.4 Å². The van der Waals surface area contributed by atoms with Crippen LogP contribution in [0.2, 0.25) is 0 Å². The summed E-state index contributed by atoms with van der Waals surface area (Å²) in [5.41, 5.74) is 2.23. The summed E-state index contributed by atoms with van der Waals surface area (Å²) in [7, 11) is -0.550. The molecule has 3 unspecified atom stereocenters. The Morgan fingerprint density at radius 3 is 1.95 bits per heavy atom. The van der Waals surface area contributed by atoms with Crippen molar-refractivity contribution in [2.45, 2.75) is 70.6 Å². The first-order valence-corrected chi connectivity index (χ1v) is 15.1. The van der Waals surface area contributed by atoms with Gasteiger partial charge in [0.25, 0.3) is 0 Å². The molecule has 2 amide bonds. The molecule has 232 valence electrons. The lowest BCUT2D eigenvalue weighted by atomic mass is 9.77. The summed E-state index contributed by atoms with van der Waals surface area (Å²) in [6.45, 7) is 10.3. The Balaban J connectivity index is 1.47. The molecule has 0 spiro atoms. The zero-order valence-corrected chi connectivity index (χ0v) is 25.8. The van der Waals surface area contributed by atoms with E-state index in [1.807, 2.05) is 58.9 Å². The van der Waals surface area contributed by atoms with Crippen LogP contribution in [0.4, 0.5) is 19.3 Å². The molecule has 3 atom stereocenters. The number of carbonyl (C=O) groups excluding carboxylic acids is 2. The Labute approximate surface area is 258 Å². The monoisotopic (exact) mass is 604 g/mol. The van der Waals surface area contributed by atoms with Crippen molar-refractivity contribution in [2.75, 3.05) is 18.5 Å². The number of hydrogen-bond acceptors (Lipinski definition) is 6. The average molecular weight is 605 g/mol. The largest absolute Gasteiger partial charge is 0.494 e. The molecule has 1 N–H and O–H groups in total. The van der Waals surface area contributed by atoms with E-state index in [9.17, 15) is 18.4 Å². The van der Waals surface area contributed by atoms with Crippen molar-refractivity contribution in [1.29, 1.82) is 0 Å². The fourth-order valence-electron chi connectivity index (χ4n) is 5.60. The molecule has 5 rings (SSSR count). The van der Waals surface area contributed by atoms with Gasteiger partial charge < -0.3 is 19.4 Å². The van der Waals surface area contributed by atoms with Crippen molar-refractivity contribution in [3.63, 3.8) is 0 Å². The van der Waals surface area contributed by atoms with E-state index in [2.05, 4.69) is 5.32 Å². The van der Waals surface area contributed by atoms with E-state index in [1.165, 1.54) is 24.3 Å². The molecule has 2 aliphatic heterocycles. The standard InChI is InChI=1S/C34H39BF2N2O5/c1-22(23-9-13-26(36)14-10-23)6-19-29(31(40)39-20-21-42-32(39)41)30(38-28-17-15-27(37)16-18-28)24-7-11-25(12-8-24)35-43-33(2,3)34(4,5)44-35/h7-18,22,29-30,38H,6,19-21H2,1-5H3. The predicted molar refractivity (Wildman–Crippen MR) is 166 cm³/mol. The normalized spacial score (nSPS) is 19.4. The van der Waals surface area contributed by atoms with Crippen LogP contribution in [0, 0.1) is 17.6 Å². The maximum Gasteiger partial charge on any atom is 0.494 e. The minimum absolute atomic E-state index is 0.0219. The predicted octanol–water partition coefficient (Wildman–Crippen LogP) is 6.60. The first kappa shape index (κ1) is 31.7. The molecule has 0 bridgehead atoms. The zero-order valence-electron chi connectivity index (χ0n) is 25.8. The van der Waals surface area contributed by atoms with E-state index in [0.717, 1.165) is 21.5 Å². The first-order chi connectivity index (χ1) is 20.8. The lowest BCUT2D eigenvalue weighted by Gasteiger charge is -2.32. The van der Waals surface area contributed by atoms with E-state index in [4.69, 9.17) is 14.0 Å². The van der Waals surface area contributed by atoms with Crippen LogP contribution in [0.3, 0.4) is 0 Å². The molecule has 0 radical (unpaired) electrons. The van der Waals surface area contributed by atoms with Gasteiger partial charge in [0.05, 0.1) is 29.7 Å². The van der Waals surface area contributed by atoms with Crippen molar-refractivity contribution in [2.24, 2.45) is 5.92 Å². The molecule has 0 aliphatic carbocycles. The number of hydrogen-bond donors (Lipinski definition) is 1. The Hall–Kier alpha value is -3.76. The Morgan fingerprint density at radius 1 is 0.864 bits per heavy atom. The highest BCUT2D eigenvalue weighted by Crippen LogP contribution is 2.38. The number of carbonyl (C=O) groups is 2. The number of benzene rings is 3. The number of nitrogens with one attached hydrogen (secondary N) is 1. The van der Waals surface area contributed by atoms with Gasteiger partial charge in [-0.2, -0.15) is 0 Å². The lowest BCUT2D eigenvalue weighted by Crippen LogP contribution is -2.41. The molecule has 2 heterocycles. The van der Waals surface area contributed by atoms with Gasteiger partial charge in [-0.25, -0.2) is 18.5 Å². The van der Waals surface area contributed by atoms with E-state index >= 15 is 0 Å². The molecule has 7 nitrogen and oxygen atoms in total. The van der Waals surface area contributed by atoms with Crippen molar-refractivity contribution < 1.29 is 32.4 Å². The van der Waals surface area contributed by atoms with E-state index in [0.29, 0.717) is 18.5 Å². The minimum atomic E-state index is -0.684. The second kappa shape index (κ2) is 12.7. The van der Waals surface area contributed by atoms with E-state index < -0.39 is 36.4 Å². The molecule has 2 fully saturated rings. The summed E-state index contributed by atoms with van der Waals surface area (Å²) in [6.07, 6.45) is 0.348. The third-order valence-corrected chi connectivity index (χ3v) is 9.08. The summed E-state index contributed by atoms with van der Waals surface area (Å²) >= 11 is 0. The molecular formula is C34H39BF2N2O5. The second-order valence-electron chi connectivity index (χ2n) is 12.6. The Morgan fingerprint density at radius 2 is 1.41 bits per heavy atom. The highest BCUT2D eigenvalue weighted by Gasteiger charge is 2.51. The number of amides is 2. The SMILES string of the molecule is CC(CCC(C(=O)N1CCOC1=O)C(Nc1ccc(F)cc1)c1ccc(B2OC(C)(C)C(C)(C)O2)cc1)c1ccc(F)cc1. The van der Waals surface area contributed by atoms with Gasteiger partial charge in [-0.3, -0.25) is 4.79 Å². The van der Waals surface area contributed by atoms with Crippen molar-refractivity contribution in [1.82, 2.24) is 4.90 Å². The molecule has 2 aliphatic rings. The van der Waals surface area contributed by atoms with Crippen molar-refractivity contribution >= 4 is 30.3 Å². The number of halogens is 2. The van der Waals surface area contributed by atoms with Gasteiger partial charge in [0, 0.05) is 5.69 Å². The third kappa shape index (κ3) is 6.81. The van der Waals surface area contributed by atoms with Crippen molar-refractivity contribution in [3.8, 4) is 0 Å². The molecule has 3 aromatic rings. The van der Waals surface area contributed by atoms with Gasteiger partial charge in [-0.05, 0) is 99.4 Å². The summed E-state index contributed by atoms with van der Waals surface area (Å²) in [6, 6.07) is 19.4. The number of rotatable bonds is 10. The van der Waals surface area contributed by atoms with Gasteiger partial charge in [0.2, 0.25) is 5.91 Å². The Bertz CT molecular complexity index is 1450. The molecular weight excluding hydrogens is 565 g/mol. The van der Waals surface area contributed by atoms with Crippen LogP contribution in [0.1, 0.15) is 70.5 Å². The molecule has 0 aromatic heterocycles. The lowest BCUT2D eigenvalue weighted by molar-refractivity contribution is -0.132. The topological polar surface area (TPSA) is 77.1 Å². The third-order valence-electron chi connectivity index (χ3n) is 9.08. The highest BCUT2D eigenvalue weighted by molar-refractivity contribution is 6.62. The van der Waals surface area contributed by atoms with Crippen LogP contribution in [0.5, 0.6) is 0 Å². The van der Waals surface area contributed by atoms with Crippen LogP contribution < -0.4 is 10.8 Å². The maximum atomic E-state index is 14.1. The van der Waals surface area contributed by atoms with Gasteiger partial charge in [0.15, 0.2) is 0 Å². The molecule has 0 saturated carbocycles. The van der Waals surface area contributed by atoms with Gasteiger partial charge in [-0.1, -0.05) is 43.3 Å². The molecule has 2 saturated heterocycles. The van der Waals surface area contributed by atoms with Gasteiger partial charge in [0.1, 0.15) is 18.2 Å². The maximum absolute atomic E-state index is 14.1.